The summed E-state index contributed by atoms with van der Waals surface area (Å²) in [4.78, 5) is 7.13. The average Bonchev–Trinajstić information content (AvgIpc) is 3.25. The highest BCUT2D eigenvalue weighted by Gasteiger charge is 2.43. The Kier molecular flexibility index (Phi) is 8.68. The Morgan fingerprint density at radius 3 is 1.47 bits per heavy atom. The molecular formula is C53H44BN3O. The molecule has 0 amide bonds. The van der Waals surface area contributed by atoms with Crippen molar-refractivity contribution < 1.29 is 4.74 Å². The van der Waals surface area contributed by atoms with Crippen molar-refractivity contribution in [2.75, 3.05) is 14.7 Å². The first-order chi connectivity index (χ1) is 28.3. The lowest BCUT2D eigenvalue weighted by Gasteiger charge is -2.41. The molecular weight excluding hydrogens is 705 g/mol. The highest BCUT2D eigenvalue weighted by Crippen LogP contribution is 2.45. The van der Waals surface area contributed by atoms with Gasteiger partial charge in [-0.1, -0.05) is 84.9 Å². The van der Waals surface area contributed by atoms with E-state index in [0.29, 0.717) is 0 Å². The average molecular weight is 750 g/mol. The van der Waals surface area contributed by atoms with E-state index < -0.39 is 0 Å². The summed E-state index contributed by atoms with van der Waals surface area (Å²) < 4.78 is 7.12. The Hall–Kier alpha value is -6.98. The number of benzene rings is 8. The van der Waals surface area contributed by atoms with E-state index >= 15 is 0 Å². The molecule has 0 aromatic heterocycles. The molecule has 0 N–H and O–H groups in total. The van der Waals surface area contributed by atoms with Crippen LogP contribution in [0.4, 0.5) is 51.2 Å². The minimum absolute atomic E-state index is 0.0368. The van der Waals surface area contributed by atoms with Gasteiger partial charge in [-0.05, 0) is 164 Å². The van der Waals surface area contributed by atoms with Crippen LogP contribution in [0.3, 0.4) is 0 Å². The lowest BCUT2D eigenvalue weighted by Crippen LogP contribution is -2.59. The van der Waals surface area contributed by atoms with Crippen molar-refractivity contribution in [2.45, 2.75) is 34.6 Å². The van der Waals surface area contributed by atoms with Crippen molar-refractivity contribution >= 4 is 74.3 Å². The summed E-state index contributed by atoms with van der Waals surface area (Å²) in [6.07, 6.45) is 0. The van der Waals surface area contributed by atoms with E-state index in [1.807, 2.05) is 0 Å². The highest BCUT2D eigenvalue weighted by molar-refractivity contribution is 6.99. The predicted octanol–water partition coefficient (Wildman–Crippen LogP) is 12.6. The van der Waals surface area contributed by atoms with Gasteiger partial charge in [-0.15, -0.1) is 0 Å². The molecule has 8 aromatic rings. The second-order valence-electron chi connectivity index (χ2n) is 15.7. The summed E-state index contributed by atoms with van der Waals surface area (Å²) in [6, 6.07) is 63.8. The van der Waals surface area contributed by atoms with Gasteiger partial charge in [-0.25, -0.2) is 0 Å². The largest absolute Gasteiger partial charge is 0.458 e. The number of hydrogen-bond donors (Lipinski definition) is 0. The predicted molar refractivity (Wildman–Crippen MR) is 245 cm³/mol. The van der Waals surface area contributed by atoms with Crippen LogP contribution in [-0.4, -0.2) is 6.71 Å². The second-order valence-corrected chi connectivity index (χ2v) is 15.7. The standard InChI is InChI=1S/C53H44BN3O/c1-35-21-24-43(31-38(35)4)56(44-25-22-36(2)39(5)32-44)46-27-29-48-51(34-46)58-53-37(3)23-30-49-52(53)54(48)47-28-26-45(33-50(47)57(49)42-19-13-8-14-20-42)55(40-15-9-6-10-16-40)41-17-11-7-12-18-41/h6-34H,1-5H3. The molecule has 10 rings (SSSR count). The third-order valence-electron chi connectivity index (χ3n) is 12.0. The summed E-state index contributed by atoms with van der Waals surface area (Å²) in [7, 11) is 0. The van der Waals surface area contributed by atoms with Gasteiger partial charge in [-0.2, -0.15) is 0 Å². The second kappa shape index (κ2) is 14.2. The Bertz CT molecular complexity index is 2750. The van der Waals surface area contributed by atoms with Crippen molar-refractivity contribution in [1.29, 1.82) is 0 Å². The molecule has 2 heterocycles. The summed E-state index contributed by atoms with van der Waals surface area (Å²) in [5.41, 5.74) is 19.8. The van der Waals surface area contributed by atoms with Crippen molar-refractivity contribution in [3.8, 4) is 11.5 Å². The number of fused-ring (bicyclic) bond motifs is 4. The first kappa shape index (κ1) is 35.4. The molecule has 4 nitrogen and oxygen atoms in total. The van der Waals surface area contributed by atoms with E-state index in [0.717, 1.165) is 73.7 Å². The molecule has 0 unspecified atom stereocenters. The molecule has 0 saturated heterocycles. The topological polar surface area (TPSA) is 19.0 Å². The van der Waals surface area contributed by atoms with Crippen LogP contribution in [0.1, 0.15) is 27.8 Å². The Labute approximate surface area is 342 Å². The van der Waals surface area contributed by atoms with Crippen LogP contribution in [-0.2, 0) is 0 Å². The van der Waals surface area contributed by atoms with Gasteiger partial charge in [0.05, 0.1) is 0 Å². The number of ether oxygens (including phenoxy) is 1. The molecule has 0 bridgehead atoms. The normalized spacial score (nSPS) is 12.3. The molecule has 5 heteroatoms. The SMILES string of the molecule is Cc1ccc(N(c2ccc(C)c(C)c2)c2ccc3c(c2)Oc2c(C)ccc4c2B3c2ccc(N(c3ccccc3)c3ccccc3)cc2N4c2ccccc2)cc1C. The third kappa shape index (κ3) is 5.94. The molecule has 8 aromatic carbocycles. The van der Waals surface area contributed by atoms with E-state index in [-0.39, 0.29) is 6.71 Å². The molecule has 0 spiro atoms. The van der Waals surface area contributed by atoms with Crippen LogP contribution >= 0.6 is 0 Å². The Morgan fingerprint density at radius 1 is 0.397 bits per heavy atom. The van der Waals surface area contributed by atoms with Gasteiger partial charge in [0.1, 0.15) is 11.5 Å². The summed E-state index contributed by atoms with van der Waals surface area (Å²) in [5, 5.41) is 0. The number of anilines is 9. The molecule has 0 atom stereocenters. The zero-order chi connectivity index (χ0) is 39.5. The molecule has 2 aliphatic heterocycles. The third-order valence-corrected chi connectivity index (χ3v) is 12.0. The maximum absolute atomic E-state index is 7.12. The van der Waals surface area contributed by atoms with Crippen molar-refractivity contribution in [3.05, 3.63) is 204 Å². The monoisotopic (exact) mass is 749 g/mol. The first-order valence-electron chi connectivity index (χ1n) is 20.1. The van der Waals surface area contributed by atoms with Crippen molar-refractivity contribution in [1.82, 2.24) is 0 Å². The molecule has 0 fully saturated rings. The van der Waals surface area contributed by atoms with Gasteiger partial charge in [0.25, 0.3) is 6.71 Å². The molecule has 58 heavy (non-hydrogen) atoms. The zero-order valence-corrected chi connectivity index (χ0v) is 33.6. The lowest BCUT2D eigenvalue weighted by atomic mass is 9.34. The van der Waals surface area contributed by atoms with E-state index in [2.05, 4.69) is 225 Å². The minimum Gasteiger partial charge on any atom is -0.458 e. The van der Waals surface area contributed by atoms with Crippen molar-refractivity contribution in [2.24, 2.45) is 0 Å². The van der Waals surface area contributed by atoms with E-state index in [9.17, 15) is 0 Å². The fourth-order valence-corrected chi connectivity index (χ4v) is 8.76. The van der Waals surface area contributed by atoms with E-state index in [1.54, 1.807) is 0 Å². The van der Waals surface area contributed by atoms with Crippen LogP contribution in [0.5, 0.6) is 11.5 Å². The number of para-hydroxylation sites is 3. The minimum atomic E-state index is -0.0368. The summed E-state index contributed by atoms with van der Waals surface area (Å²) in [5.74, 6) is 1.81. The van der Waals surface area contributed by atoms with Gasteiger partial charge < -0.3 is 19.4 Å². The van der Waals surface area contributed by atoms with Gasteiger partial charge >= 0.3 is 0 Å². The quantitative estimate of drug-likeness (QED) is 0.151. The smallest absolute Gasteiger partial charge is 0.256 e. The number of rotatable bonds is 7. The van der Waals surface area contributed by atoms with Gasteiger partial charge in [0.2, 0.25) is 0 Å². The molecule has 0 radical (unpaired) electrons. The summed E-state index contributed by atoms with van der Waals surface area (Å²) >= 11 is 0. The fraction of sp³-hybridized carbons (Fsp3) is 0.0943. The van der Waals surface area contributed by atoms with Crippen LogP contribution in [0.25, 0.3) is 0 Å². The molecule has 0 aliphatic carbocycles. The zero-order valence-electron chi connectivity index (χ0n) is 33.6. The van der Waals surface area contributed by atoms with E-state index in [4.69, 9.17) is 4.74 Å². The molecule has 280 valence electrons. The molecule has 0 saturated carbocycles. The maximum Gasteiger partial charge on any atom is 0.256 e. The van der Waals surface area contributed by atoms with Crippen LogP contribution < -0.4 is 35.8 Å². The van der Waals surface area contributed by atoms with Gasteiger partial charge in [-0.3, -0.25) is 0 Å². The fourth-order valence-electron chi connectivity index (χ4n) is 8.76. The Balaban J connectivity index is 1.18. The maximum atomic E-state index is 7.12. The molecule has 2 aliphatic rings. The number of aryl methyl sites for hydroxylation is 5. The number of nitrogens with zero attached hydrogens (tertiary/aromatic N) is 3. The highest BCUT2D eigenvalue weighted by atomic mass is 16.5. The Morgan fingerprint density at radius 2 is 0.879 bits per heavy atom. The lowest BCUT2D eigenvalue weighted by molar-refractivity contribution is 0.484. The van der Waals surface area contributed by atoms with Crippen molar-refractivity contribution in [3.63, 3.8) is 0 Å². The van der Waals surface area contributed by atoms with E-state index in [1.165, 1.54) is 33.2 Å². The van der Waals surface area contributed by atoms with Crippen LogP contribution in [0.15, 0.2) is 176 Å². The van der Waals surface area contributed by atoms with Gasteiger partial charge in [0, 0.05) is 57.3 Å². The summed E-state index contributed by atoms with van der Waals surface area (Å²) in [6.45, 7) is 10.9. The van der Waals surface area contributed by atoms with Crippen LogP contribution in [0.2, 0.25) is 0 Å². The first-order valence-corrected chi connectivity index (χ1v) is 20.1. The number of hydrogen-bond acceptors (Lipinski definition) is 4. The van der Waals surface area contributed by atoms with Gasteiger partial charge in [0.15, 0.2) is 0 Å². The van der Waals surface area contributed by atoms with Crippen LogP contribution in [0, 0.1) is 34.6 Å².